The summed E-state index contributed by atoms with van der Waals surface area (Å²) in [5, 5.41) is 12.2. The Hall–Kier alpha value is -0.540. The second-order valence-corrected chi connectivity index (χ2v) is 3.86. The number of nitrogens with one attached hydrogen (secondary N) is 1. The fraction of sp³-hybridized carbons (Fsp3) is 0.333. The normalized spacial score (nSPS) is 20.3. The number of anilines is 1. The number of fused-ring (bicyclic) bond motifs is 1. The van der Waals surface area contributed by atoms with Crippen molar-refractivity contribution >= 4 is 21.6 Å². The first-order chi connectivity index (χ1) is 5.81. The van der Waals surface area contributed by atoms with Crippen molar-refractivity contribution < 1.29 is 5.11 Å². The number of rotatable bonds is 1. The van der Waals surface area contributed by atoms with Gasteiger partial charge in [-0.3, -0.25) is 0 Å². The molecule has 64 valence electrons. The highest BCUT2D eigenvalue weighted by molar-refractivity contribution is 9.10. The molecule has 0 fully saturated rings. The maximum absolute atomic E-state index is 8.95. The van der Waals surface area contributed by atoms with Gasteiger partial charge >= 0.3 is 0 Å². The first kappa shape index (κ1) is 8.08. The molecule has 0 bridgehead atoms. The molecular formula is C9H10BrNO. The number of halogens is 1. The van der Waals surface area contributed by atoms with Gasteiger partial charge in [0.1, 0.15) is 0 Å². The van der Waals surface area contributed by atoms with E-state index >= 15 is 0 Å². The molecule has 2 rings (SSSR count). The minimum atomic E-state index is 0.193. The average molecular weight is 228 g/mol. The number of hydrogen-bond acceptors (Lipinski definition) is 2. The molecule has 0 aromatic heterocycles. The molecule has 12 heavy (non-hydrogen) atoms. The van der Waals surface area contributed by atoms with Gasteiger partial charge in [0.2, 0.25) is 0 Å². The zero-order valence-corrected chi connectivity index (χ0v) is 8.13. The Balaban J connectivity index is 2.35. The fourth-order valence-corrected chi connectivity index (χ4v) is 2.05. The smallest absolute Gasteiger partial charge is 0.0636 e. The van der Waals surface area contributed by atoms with Crippen LogP contribution >= 0.6 is 15.9 Å². The van der Waals surface area contributed by atoms with E-state index in [1.807, 2.05) is 12.1 Å². The Morgan fingerprint density at radius 1 is 1.58 bits per heavy atom. The van der Waals surface area contributed by atoms with Crippen molar-refractivity contribution in [2.75, 3.05) is 11.9 Å². The third-order valence-corrected chi connectivity index (χ3v) is 2.80. The summed E-state index contributed by atoms with van der Waals surface area (Å²) in [7, 11) is 0. The van der Waals surface area contributed by atoms with Crippen LogP contribution in [0.1, 0.15) is 5.56 Å². The van der Waals surface area contributed by atoms with Gasteiger partial charge in [0.25, 0.3) is 0 Å². The summed E-state index contributed by atoms with van der Waals surface area (Å²) >= 11 is 3.46. The summed E-state index contributed by atoms with van der Waals surface area (Å²) in [6.45, 7) is 0.196. The van der Waals surface area contributed by atoms with Crippen molar-refractivity contribution in [3.05, 3.63) is 28.2 Å². The highest BCUT2D eigenvalue weighted by Crippen LogP contribution is 2.32. The summed E-state index contributed by atoms with van der Waals surface area (Å²) in [5.41, 5.74) is 2.42. The number of aliphatic hydroxyl groups is 1. The second-order valence-electron chi connectivity index (χ2n) is 3.00. The molecule has 1 aromatic carbocycles. The van der Waals surface area contributed by atoms with Gasteiger partial charge in [0.15, 0.2) is 0 Å². The standard InChI is InChI=1S/C9H10BrNO/c10-8-3-1-2-6-4-7(5-12)11-9(6)8/h1-3,7,11-12H,4-5H2. The molecule has 2 N–H and O–H groups in total. The largest absolute Gasteiger partial charge is 0.394 e. The van der Waals surface area contributed by atoms with E-state index in [0.717, 1.165) is 16.6 Å². The van der Waals surface area contributed by atoms with E-state index in [2.05, 4.69) is 27.3 Å². The van der Waals surface area contributed by atoms with E-state index in [0.29, 0.717) is 0 Å². The molecule has 0 saturated heterocycles. The minimum absolute atomic E-state index is 0.193. The van der Waals surface area contributed by atoms with Crippen LogP contribution in [-0.2, 0) is 6.42 Å². The highest BCUT2D eigenvalue weighted by atomic mass is 79.9. The van der Waals surface area contributed by atoms with Crippen LogP contribution in [0.4, 0.5) is 5.69 Å². The number of benzene rings is 1. The molecular weight excluding hydrogens is 218 g/mol. The fourth-order valence-electron chi connectivity index (χ4n) is 1.53. The van der Waals surface area contributed by atoms with Crippen molar-refractivity contribution in [3.63, 3.8) is 0 Å². The molecule has 1 heterocycles. The molecule has 0 radical (unpaired) electrons. The van der Waals surface area contributed by atoms with Gasteiger partial charge in [-0.1, -0.05) is 12.1 Å². The first-order valence-corrected chi connectivity index (χ1v) is 4.75. The van der Waals surface area contributed by atoms with Gasteiger partial charge < -0.3 is 10.4 Å². The summed E-state index contributed by atoms with van der Waals surface area (Å²) in [5.74, 6) is 0. The zero-order valence-electron chi connectivity index (χ0n) is 6.55. The third-order valence-electron chi connectivity index (χ3n) is 2.14. The number of para-hydroxylation sites is 1. The van der Waals surface area contributed by atoms with Gasteiger partial charge in [0.05, 0.1) is 18.3 Å². The van der Waals surface area contributed by atoms with Crippen molar-refractivity contribution in [1.29, 1.82) is 0 Å². The Bertz CT molecular complexity index is 301. The summed E-state index contributed by atoms with van der Waals surface area (Å²) in [6.07, 6.45) is 0.922. The summed E-state index contributed by atoms with van der Waals surface area (Å²) < 4.78 is 1.08. The molecule has 0 spiro atoms. The molecule has 0 amide bonds. The number of aliphatic hydroxyl groups excluding tert-OH is 1. The third kappa shape index (κ3) is 1.23. The average Bonchev–Trinajstić information content (AvgIpc) is 2.49. The van der Waals surface area contributed by atoms with Crippen LogP contribution < -0.4 is 5.32 Å². The van der Waals surface area contributed by atoms with Crippen molar-refractivity contribution in [2.45, 2.75) is 12.5 Å². The van der Waals surface area contributed by atoms with E-state index in [-0.39, 0.29) is 12.6 Å². The summed E-state index contributed by atoms with van der Waals surface area (Å²) in [4.78, 5) is 0. The second kappa shape index (κ2) is 3.07. The van der Waals surface area contributed by atoms with Crippen LogP contribution in [0.2, 0.25) is 0 Å². The molecule has 0 saturated carbocycles. The van der Waals surface area contributed by atoms with Gasteiger partial charge in [-0.05, 0) is 34.0 Å². The molecule has 2 nitrogen and oxygen atoms in total. The quantitative estimate of drug-likeness (QED) is 0.767. The first-order valence-electron chi connectivity index (χ1n) is 3.96. The monoisotopic (exact) mass is 227 g/mol. The van der Waals surface area contributed by atoms with E-state index in [1.54, 1.807) is 0 Å². The van der Waals surface area contributed by atoms with Crippen LogP contribution in [0.3, 0.4) is 0 Å². The van der Waals surface area contributed by atoms with Crippen molar-refractivity contribution in [1.82, 2.24) is 0 Å². The van der Waals surface area contributed by atoms with Crippen LogP contribution in [0, 0.1) is 0 Å². The molecule has 0 aliphatic carbocycles. The van der Waals surface area contributed by atoms with E-state index < -0.39 is 0 Å². The minimum Gasteiger partial charge on any atom is -0.394 e. The van der Waals surface area contributed by atoms with Gasteiger partial charge in [-0.15, -0.1) is 0 Å². The number of hydrogen-bond donors (Lipinski definition) is 2. The molecule has 1 unspecified atom stereocenters. The Kier molecular flexibility index (Phi) is 2.07. The maximum Gasteiger partial charge on any atom is 0.0636 e. The van der Waals surface area contributed by atoms with Gasteiger partial charge in [0, 0.05) is 4.47 Å². The van der Waals surface area contributed by atoms with Crippen LogP contribution in [0.15, 0.2) is 22.7 Å². The molecule has 1 atom stereocenters. The lowest BCUT2D eigenvalue weighted by Crippen LogP contribution is -2.19. The van der Waals surface area contributed by atoms with Crippen molar-refractivity contribution in [3.8, 4) is 0 Å². The molecule has 1 aromatic rings. The summed E-state index contributed by atoms with van der Waals surface area (Å²) in [6, 6.07) is 6.30. The Morgan fingerprint density at radius 3 is 3.08 bits per heavy atom. The topological polar surface area (TPSA) is 32.3 Å². The Morgan fingerprint density at radius 2 is 2.42 bits per heavy atom. The van der Waals surface area contributed by atoms with Gasteiger partial charge in [-0.2, -0.15) is 0 Å². The van der Waals surface area contributed by atoms with Crippen molar-refractivity contribution in [2.24, 2.45) is 0 Å². The molecule has 3 heteroatoms. The van der Waals surface area contributed by atoms with E-state index in [4.69, 9.17) is 5.11 Å². The van der Waals surface area contributed by atoms with E-state index in [1.165, 1.54) is 5.56 Å². The van der Waals surface area contributed by atoms with Crippen LogP contribution in [0.5, 0.6) is 0 Å². The van der Waals surface area contributed by atoms with Crippen LogP contribution in [-0.4, -0.2) is 17.8 Å². The maximum atomic E-state index is 8.95. The van der Waals surface area contributed by atoms with E-state index in [9.17, 15) is 0 Å². The lowest BCUT2D eigenvalue weighted by atomic mass is 10.1. The van der Waals surface area contributed by atoms with Gasteiger partial charge in [-0.25, -0.2) is 0 Å². The zero-order chi connectivity index (χ0) is 8.55. The SMILES string of the molecule is OCC1Cc2cccc(Br)c2N1. The predicted octanol–water partition coefficient (Wildman–Crippen LogP) is 1.78. The molecule has 1 aliphatic rings. The molecule has 1 aliphatic heterocycles. The van der Waals surface area contributed by atoms with Crippen LogP contribution in [0.25, 0.3) is 0 Å². The highest BCUT2D eigenvalue weighted by Gasteiger charge is 2.20. The lowest BCUT2D eigenvalue weighted by Gasteiger charge is -2.06. The Labute approximate surface area is 79.7 Å². The predicted molar refractivity (Wildman–Crippen MR) is 52.3 cm³/mol. The lowest BCUT2D eigenvalue weighted by molar-refractivity contribution is 0.277.